The lowest BCUT2D eigenvalue weighted by molar-refractivity contribution is -0.126. The predicted octanol–water partition coefficient (Wildman–Crippen LogP) is 3.08. The van der Waals surface area contributed by atoms with Crippen LogP contribution < -0.4 is 19.5 Å². The van der Waals surface area contributed by atoms with Gasteiger partial charge in [0.15, 0.2) is 11.5 Å². The lowest BCUT2D eigenvalue weighted by atomic mass is 9.97. The number of carbonyl (C=O) groups excluding carboxylic acids is 1. The van der Waals surface area contributed by atoms with Crippen LogP contribution in [0.4, 0.5) is 0 Å². The number of amides is 1. The summed E-state index contributed by atoms with van der Waals surface area (Å²) in [5.41, 5.74) is 0.879. The fourth-order valence-electron chi connectivity index (χ4n) is 3.67. The van der Waals surface area contributed by atoms with Crippen molar-refractivity contribution in [3.05, 3.63) is 47.0 Å². The minimum Gasteiger partial charge on any atom is -0.495 e. The van der Waals surface area contributed by atoms with Crippen molar-refractivity contribution in [1.82, 2.24) is 9.62 Å². The van der Waals surface area contributed by atoms with E-state index in [4.69, 9.17) is 25.8 Å². The van der Waals surface area contributed by atoms with Crippen molar-refractivity contribution < 1.29 is 27.4 Å². The Kier molecular flexibility index (Phi) is 7.86. The third-order valence-corrected chi connectivity index (χ3v) is 7.64. The van der Waals surface area contributed by atoms with Gasteiger partial charge in [0.1, 0.15) is 10.6 Å². The quantitative estimate of drug-likeness (QED) is 0.621. The largest absolute Gasteiger partial charge is 0.495 e. The first-order chi connectivity index (χ1) is 15.3. The zero-order valence-electron chi connectivity index (χ0n) is 18.3. The molecule has 32 heavy (non-hydrogen) atoms. The summed E-state index contributed by atoms with van der Waals surface area (Å²) in [7, 11) is 0.755. The Morgan fingerprint density at radius 3 is 2.25 bits per heavy atom. The smallest absolute Gasteiger partial charge is 0.246 e. The van der Waals surface area contributed by atoms with Crippen LogP contribution in [0, 0.1) is 5.92 Å². The number of carbonyl (C=O) groups is 1. The number of benzene rings is 2. The molecule has 1 saturated heterocycles. The van der Waals surface area contributed by atoms with Gasteiger partial charge in [0.2, 0.25) is 15.9 Å². The van der Waals surface area contributed by atoms with Crippen LogP contribution in [0.1, 0.15) is 18.4 Å². The van der Waals surface area contributed by atoms with E-state index in [1.165, 1.54) is 23.5 Å². The summed E-state index contributed by atoms with van der Waals surface area (Å²) in [5.74, 6) is 1.09. The molecule has 1 amide bonds. The summed E-state index contributed by atoms with van der Waals surface area (Å²) in [5, 5.41) is 3.24. The van der Waals surface area contributed by atoms with Crippen molar-refractivity contribution in [3.8, 4) is 17.2 Å². The third-order valence-electron chi connectivity index (χ3n) is 5.48. The standard InChI is InChI=1S/C22H27ClN2O6S/c1-29-18-6-4-15(12-20(18)31-3)14-24-22(26)16-8-10-25(11-9-16)32(27,28)21-13-17(23)5-7-19(21)30-2/h4-7,12-13,16H,8-11,14H2,1-3H3,(H,24,26). The van der Waals surface area contributed by atoms with E-state index in [0.29, 0.717) is 35.9 Å². The highest BCUT2D eigenvalue weighted by Crippen LogP contribution is 2.32. The SMILES string of the molecule is COc1ccc(CNC(=O)C2CCN(S(=O)(=O)c3cc(Cl)ccc3OC)CC2)cc1OC. The summed E-state index contributed by atoms with van der Waals surface area (Å²) in [6, 6.07) is 9.95. The van der Waals surface area contributed by atoms with E-state index >= 15 is 0 Å². The fourth-order valence-corrected chi connectivity index (χ4v) is 5.56. The zero-order chi connectivity index (χ0) is 23.3. The summed E-state index contributed by atoms with van der Waals surface area (Å²) in [6.45, 7) is 0.830. The molecule has 2 aromatic carbocycles. The molecule has 0 bridgehead atoms. The normalized spacial score (nSPS) is 15.2. The van der Waals surface area contributed by atoms with Crippen molar-refractivity contribution in [2.45, 2.75) is 24.3 Å². The molecule has 0 atom stereocenters. The van der Waals surface area contributed by atoms with Crippen molar-refractivity contribution in [3.63, 3.8) is 0 Å². The van der Waals surface area contributed by atoms with Gasteiger partial charge >= 0.3 is 0 Å². The summed E-state index contributed by atoms with van der Waals surface area (Å²) >= 11 is 6.00. The van der Waals surface area contributed by atoms with E-state index in [1.54, 1.807) is 26.4 Å². The van der Waals surface area contributed by atoms with Crippen molar-refractivity contribution in [2.75, 3.05) is 34.4 Å². The number of rotatable bonds is 8. The molecule has 0 radical (unpaired) electrons. The van der Waals surface area contributed by atoms with Crippen LogP contribution in [0.2, 0.25) is 5.02 Å². The van der Waals surface area contributed by atoms with Crippen LogP contribution in [0.5, 0.6) is 17.2 Å². The maximum Gasteiger partial charge on any atom is 0.246 e. The summed E-state index contributed by atoms with van der Waals surface area (Å²) in [4.78, 5) is 12.7. The monoisotopic (exact) mass is 482 g/mol. The lowest BCUT2D eigenvalue weighted by Gasteiger charge is -2.31. The van der Waals surface area contributed by atoms with Gasteiger partial charge in [-0.25, -0.2) is 8.42 Å². The maximum absolute atomic E-state index is 13.1. The fraction of sp³-hybridized carbons (Fsp3) is 0.409. The second-order valence-electron chi connectivity index (χ2n) is 7.38. The molecular formula is C22H27ClN2O6S. The molecular weight excluding hydrogens is 456 g/mol. The third kappa shape index (κ3) is 5.28. The number of nitrogens with one attached hydrogen (secondary N) is 1. The lowest BCUT2D eigenvalue weighted by Crippen LogP contribution is -2.42. The Morgan fingerprint density at radius 1 is 1.00 bits per heavy atom. The number of hydrogen-bond donors (Lipinski definition) is 1. The van der Waals surface area contributed by atoms with E-state index in [0.717, 1.165) is 5.56 Å². The van der Waals surface area contributed by atoms with Crippen LogP contribution in [-0.4, -0.2) is 53.0 Å². The molecule has 0 aromatic heterocycles. The molecule has 1 heterocycles. The zero-order valence-corrected chi connectivity index (χ0v) is 19.8. The van der Waals surface area contributed by atoms with E-state index in [1.807, 2.05) is 12.1 Å². The Morgan fingerprint density at radius 2 is 1.62 bits per heavy atom. The average Bonchev–Trinajstić information content (AvgIpc) is 2.82. The number of halogens is 1. The highest BCUT2D eigenvalue weighted by atomic mass is 35.5. The number of nitrogens with zero attached hydrogens (tertiary/aromatic N) is 1. The van der Waals surface area contributed by atoms with Gasteiger partial charge in [0, 0.05) is 30.6 Å². The molecule has 2 aromatic rings. The molecule has 10 heteroatoms. The van der Waals surface area contributed by atoms with Crippen LogP contribution in [-0.2, 0) is 21.4 Å². The molecule has 0 spiro atoms. The van der Waals surface area contributed by atoms with Gasteiger partial charge in [0.25, 0.3) is 0 Å². The van der Waals surface area contributed by atoms with Crippen LogP contribution in [0.15, 0.2) is 41.3 Å². The number of methoxy groups -OCH3 is 3. The van der Waals surface area contributed by atoms with Gasteiger partial charge in [0.05, 0.1) is 21.3 Å². The van der Waals surface area contributed by atoms with Gasteiger partial charge in [-0.3, -0.25) is 4.79 Å². The van der Waals surface area contributed by atoms with Gasteiger partial charge in [-0.15, -0.1) is 0 Å². The number of ether oxygens (including phenoxy) is 3. The summed E-state index contributed by atoms with van der Waals surface area (Å²) < 4.78 is 43.2. The van der Waals surface area contributed by atoms with E-state index < -0.39 is 10.0 Å². The maximum atomic E-state index is 13.1. The highest BCUT2D eigenvalue weighted by molar-refractivity contribution is 7.89. The number of sulfonamides is 1. The minimum absolute atomic E-state index is 0.0313. The second-order valence-corrected chi connectivity index (χ2v) is 9.72. The van der Waals surface area contributed by atoms with E-state index in [9.17, 15) is 13.2 Å². The Hall–Kier alpha value is -2.49. The van der Waals surface area contributed by atoms with Crippen LogP contribution in [0.25, 0.3) is 0 Å². The molecule has 174 valence electrons. The van der Waals surface area contributed by atoms with Crippen LogP contribution in [0.3, 0.4) is 0 Å². The number of piperidine rings is 1. The molecule has 0 unspecified atom stereocenters. The van der Waals surface area contributed by atoms with Crippen molar-refractivity contribution in [1.29, 1.82) is 0 Å². The van der Waals surface area contributed by atoms with Crippen molar-refractivity contribution in [2.24, 2.45) is 5.92 Å². The number of hydrogen-bond acceptors (Lipinski definition) is 6. The van der Waals surface area contributed by atoms with Gasteiger partial charge < -0.3 is 19.5 Å². The molecule has 8 nitrogen and oxygen atoms in total. The topological polar surface area (TPSA) is 94.2 Å². The Labute approximate surface area is 193 Å². The highest BCUT2D eigenvalue weighted by Gasteiger charge is 2.33. The van der Waals surface area contributed by atoms with Crippen molar-refractivity contribution >= 4 is 27.5 Å². The molecule has 1 aliphatic heterocycles. The van der Waals surface area contributed by atoms with E-state index in [2.05, 4.69) is 5.32 Å². The first kappa shape index (κ1) is 24.2. The first-order valence-corrected chi connectivity index (χ1v) is 11.9. The van der Waals surface area contributed by atoms with Gasteiger partial charge in [-0.1, -0.05) is 17.7 Å². The molecule has 3 rings (SSSR count). The molecule has 0 saturated carbocycles. The molecule has 1 fully saturated rings. The average molecular weight is 483 g/mol. The van der Waals surface area contributed by atoms with E-state index in [-0.39, 0.29) is 35.6 Å². The van der Waals surface area contributed by atoms with Gasteiger partial charge in [-0.2, -0.15) is 4.31 Å². The van der Waals surface area contributed by atoms with Crippen LogP contribution >= 0.6 is 11.6 Å². The molecule has 1 N–H and O–H groups in total. The summed E-state index contributed by atoms with van der Waals surface area (Å²) in [6.07, 6.45) is 0.861. The second kappa shape index (κ2) is 10.4. The Bertz CT molecular complexity index is 1070. The Balaban J connectivity index is 1.60. The molecule has 1 aliphatic rings. The minimum atomic E-state index is -3.78. The first-order valence-electron chi connectivity index (χ1n) is 10.1. The molecule has 0 aliphatic carbocycles. The predicted molar refractivity (Wildman–Crippen MR) is 121 cm³/mol. The van der Waals surface area contributed by atoms with Gasteiger partial charge in [-0.05, 0) is 48.7 Å².